The van der Waals surface area contributed by atoms with Crippen LogP contribution in [-0.4, -0.2) is 31.2 Å². The smallest absolute Gasteiger partial charge is 0.180 e. The van der Waals surface area contributed by atoms with Crippen LogP contribution in [-0.2, 0) is 0 Å². The molecule has 0 amide bonds. The molecule has 0 aliphatic heterocycles. The number of nitrogens with zero attached hydrogens (tertiary/aromatic N) is 2. The topological polar surface area (TPSA) is 56.3 Å². The van der Waals surface area contributed by atoms with Crippen LogP contribution >= 0.6 is 11.6 Å². The molecule has 0 unspecified atom stereocenters. The van der Waals surface area contributed by atoms with Gasteiger partial charge in [-0.25, -0.2) is 4.98 Å². The minimum Gasteiger partial charge on any atom is -0.493 e. The summed E-state index contributed by atoms with van der Waals surface area (Å²) in [4.78, 5) is 8.51. The zero-order valence-corrected chi connectivity index (χ0v) is 11.7. The molecule has 100 valence electrons. The molecule has 0 fully saturated rings. The summed E-state index contributed by atoms with van der Waals surface area (Å²) in [5.41, 5.74) is 1.40. The summed E-state index contributed by atoms with van der Waals surface area (Å²) < 4.78 is 10.5. The minimum absolute atomic E-state index is 0.443. The Bertz CT molecular complexity index is 590. The van der Waals surface area contributed by atoms with Gasteiger partial charge in [-0.3, -0.25) is 4.98 Å². The summed E-state index contributed by atoms with van der Waals surface area (Å²) in [6.07, 6.45) is 3.23. The van der Waals surface area contributed by atoms with E-state index in [0.29, 0.717) is 28.0 Å². The van der Waals surface area contributed by atoms with Crippen LogP contribution in [0.2, 0.25) is 5.02 Å². The molecule has 1 N–H and O–H groups in total. The summed E-state index contributed by atoms with van der Waals surface area (Å²) in [5.74, 6) is 1.71. The van der Waals surface area contributed by atoms with E-state index in [4.69, 9.17) is 21.1 Å². The summed E-state index contributed by atoms with van der Waals surface area (Å²) in [6, 6.07) is 3.61. The highest BCUT2D eigenvalue weighted by Gasteiger charge is 2.17. The third-order valence-corrected chi connectivity index (χ3v) is 3.05. The van der Waals surface area contributed by atoms with Crippen LogP contribution in [0, 0.1) is 0 Å². The fraction of sp³-hybridized carbons (Fsp3) is 0.231. The number of hydrogen-bond acceptors (Lipinski definition) is 5. The molecule has 2 rings (SSSR count). The summed E-state index contributed by atoms with van der Waals surface area (Å²) >= 11 is 6.36. The van der Waals surface area contributed by atoms with Crippen molar-refractivity contribution < 1.29 is 9.47 Å². The Morgan fingerprint density at radius 1 is 1.11 bits per heavy atom. The SMILES string of the molecule is CNc1nccnc1-c1ccc(OC)c(OC)c1Cl. The van der Waals surface area contributed by atoms with Gasteiger partial charge in [-0.05, 0) is 12.1 Å². The van der Waals surface area contributed by atoms with E-state index in [0.717, 1.165) is 5.56 Å². The average molecular weight is 280 g/mol. The van der Waals surface area contributed by atoms with Gasteiger partial charge in [-0.15, -0.1) is 0 Å². The molecule has 6 heteroatoms. The Morgan fingerprint density at radius 3 is 2.47 bits per heavy atom. The molecule has 0 aliphatic carbocycles. The molecule has 1 aromatic heterocycles. The van der Waals surface area contributed by atoms with Crippen LogP contribution in [0.25, 0.3) is 11.3 Å². The second kappa shape index (κ2) is 5.75. The Morgan fingerprint density at radius 2 is 1.84 bits per heavy atom. The van der Waals surface area contributed by atoms with Gasteiger partial charge in [0.25, 0.3) is 0 Å². The van der Waals surface area contributed by atoms with Crippen molar-refractivity contribution in [3.63, 3.8) is 0 Å². The number of anilines is 1. The first-order chi connectivity index (χ1) is 9.22. The van der Waals surface area contributed by atoms with E-state index < -0.39 is 0 Å². The molecule has 5 nitrogen and oxygen atoms in total. The fourth-order valence-corrected chi connectivity index (χ4v) is 2.11. The highest BCUT2D eigenvalue weighted by molar-refractivity contribution is 6.35. The van der Waals surface area contributed by atoms with E-state index in [2.05, 4.69) is 15.3 Å². The molecule has 0 radical (unpaired) electrons. The third-order valence-electron chi connectivity index (χ3n) is 2.68. The van der Waals surface area contributed by atoms with E-state index in [1.165, 1.54) is 0 Å². The van der Waals surface area contributed by atoms with E-state index in [1.54, 1.807) is 39.7 Å². The van der Waals surface area contributed by atoms with Gasteiger partial charge in [0, 0.05) is 25.0 Å². The maximum atomic E-state index is 6.36. The number of ether oxygens (including phenoxy) is 2. The van der Waals surface area contributed by atoms with Gasteiger partial charge in [0.1, 0.15) is 5.69 Å². The first-order valence-corrected chi connectivity index (χ1v) is 6.00. The normalized spacial score (nSPS) is 10.1. The van der Waals surface area contributed by atoms with Crippen molar-refractivity contribution in [1.82, 2.24) is 9.97 Å². The van der Waals surface area contributed by atoms with Crippen molar-refractivity contribution >= 4 is 17.4 Å². The largest absolute Gasteiger partial charge is 0.493 e. The summed E-state index contributed by atoms with van der Waals surface area (Å²) in [7, 11) is 4.89. The molecular formula is C13H14ClN3O2. The molecule has 19 heavy (non-hydrogen) atoms. The number of rotatable bonds is 4. The van der Waals surface area contributed by atoms with Crippen molar-refractivity contribution in [3.05, 3.63) is 29.5 Å². The van der Waals surface area contributed by atoms with Crippen LogP contribution in [0.4, 0.5) is 5.82 Å². The summed E-state index contributed by atoms with van der Waals surface area (Å²) in [5, 5.41) is 3.43. The number of nitrogens with one attached hydrogen (secondary N) is 1. The Kier molecular flexibility index (Phi) is 4.06. The molecule has 1 aromatic carbocycles. The lowest BCUT2D eigenvalue weighted by atomic mass is 10.1. The first kappa shape index (κ1) is 13.4. The number of methoxy groups -OCH3 is 2. The molecule has 0 bridgehead atoms. The maximum Gasteiger partial charge on any atom is 0.180 e. The van der Waals surface area contributed by atoms with Gasteiger partial charge in [0.05, 0.1) is 19.2 Å². The van der Waals surface area contributed by atoms with Crippen molar-refractivity contribution in [2.45, 2.75) is 0 Å². The van der Waals surface area contributed by atoms with Crippen molar-refractivity contribution in [3.8, 4) is 22.8 Å². The molecule has 2 aromatic rings. The highest BCUT2D eigenvalue weighted by atomic mass is 35.5. The number of benzene rings is 1. The van der Waals surface area contributed by atoms with Gasteiger partial charge in [-0.1, -0.05) is 11.6 Å². The van der Waals surface area contributed by atoms with E-state index >= 15 is 0 Å². The molecular weight excluding hydrogens is 266 g/mol. The monoisotopic (exact) mass is 279 g/mol. The van der Waals surface area contributed by atoms with Crippen LogP contribution in [0.5, 0.6) is 11.5 Å². The van der Waals surface area contributed by atoms with Crippen LogP contribution in [0.3, 0.4) is 0 Å². The fourth-order valence-electron chi connectivity index (χ4n) is 1.79. The molecule has 0 spiro atoms. The lowest BCUT2D eigenvalue weighted by molar-refractivity contribution is 0.355. The van der Waals surface area contributed by atoms with Gasteiger partial charge in [0.15, 0.2) is 17.3 Å². The first-order valence-electron chi connectivity index (χ1n) is 5.62. The van der Waals surface area contributed by atoms with Crippen LogP contribution in [0.1, 0.15) is 0 Å². The second-order valence-electron chi connectivity index (χ2n) is 3.67. The van der Waals surface area contributed by atoms with Crippen molar-refractivity contribution in [2.75, 3.05) is 26.6 Å². The van der Waals surface area contributed by atoms with Crippen LogP contribution in [0.15, 0.2) is 24.5 Å². The standard InChI is InChI=1S/C13H14ClN3O2/c1-15-13-11(16-6-7-17-13)8-4-5-9(18-2)12(19-3)10(8)14/h4-7H,1-3H3,(H,15,17). The van der Waals surface area contributed by atoms with Gasteiger partial charge >= 0.3 is 0 Å². The van der Waals surface area contributed by atoms with Crippen LogP contribution < -0.4 is 14.8 Å². The Balaban J connectivity index is 2.63. The average Bonchev–Trinajstić information content (AvgIpc) is 2.46. The van der Waals surface area contributed by atoms with Crippen molar-refractivity contribution in [1.29, 1.82) is 0 Å². The lowest BCUT2D eigenvalue weighted by Crippen LogP contribution is -1.99. The molecule has 0 saturated heterocycles. The summed E-state index contributed by atoms with van der Waals surface area (Å²) in [6.45, 7) is 0. The lowest BCUT2D eigenvalue weighted by Gasteiger charge is -2.13. The second-order valence-corrected chi connectivity index (χ2v) is 4.04. The number of halogens is 1. The van der Waals surface area contributed by atoms with Gasteiger partial charge in [-0.2, -0.15) is 0 Å². The van der Waals surface area contributed by atoms with E-state index in [-0.39, 0.29) is 0 Å². The van der Waals surface area contributed by atoms with E-state index in [1.807, 2.05) is 6.07 Å². The molecule has 1 heterocycles. The quantitative estimate of drug-likeness (QED) is 0.933. The number of hydrogen-bond donors (Lipinski definition) is 1. The maximum absolute atomic E-state index is 6.36. The molecule has 0 aliphatic rings. The van der Waals surface area contributed by atoms with Gasteiger partial charge < -0.3 is 14.8 Å². The molecule has 0 saturated carbocycles. The van der Waals surface area contributed by atoms with Crippen molar-refractivity contribution in [2.24, 2.45) is 0 Å². The third kappa shape index (κ3) is 2.42. The minimum atomic E-state index is 0.443. The highest BCUT2D eigenvalue weighted by Crippen LogP contribution is 2.42. The molecule has 0 atom stereocenters. The van der Waals surface area contributed by atoms with E-state index in [9.17, 15) is 0 Å². The Labute approximate surface area is 116 Å². The number of aromatic nitrogens is 2. The predicted molar refractivity (Wildman–Crippen MR) is 75.1 cm³/mol. The zero-order valence-electron chi connectivity index (χ0n) is 10.9. The van der Waals surface area contributed by atoms with Gasteiger partial charge in [0.2, 0.25) is 0 Å². The predicted octanol–water partition coefficient (Wildman–Crippen LogP) is 2.86. The zero-order chi connectivity index (χ0) is 13.8. The Hall–Kier alpha value is -2.01.